The molecule has 5 nitrogen and oxygen atoms in total. The highest BCUT2D eigenvalue weighted by Crippen LogP contribution is 2.27. The summed E-state index contributed by atoms with van der Waals surface area (Å²) in [5, 5.41) is 9.51. The van der Waals surface area contributed by atoms with E-state index in [0.29, 0.717) is 29.2 Å². The summed E-state index contributed by atoms with van der Waals surface area (Å²) in [4.78, 5) is 37.2. The Morgan fingerprint density at radius 1 is 1.16 bits per heavy atom. The van der Waals surface area contributed by atoms with Gasteiger partial charge in [0.25, 0.3) is 5.78 Å². The quantitative estimate of drug-likeness (QED) is 0.411. The maximum atomic E-state index is 13.0. The molecule has 0 radical (unpaired) electrons. The first kappa shape index (κ1) is 16.6. The van der Waals surface area contributed by atoms with E-state index >= 15 is 0 Å². The van der Waals surface area contributed by atoms with Crippen LogP contribution >= 0.6 is 0 Å². The van der Waals surface area contributed by atoms with E-state index in [1.54, 1.807) is 36.4 Å². The van der Waals surface area contributed by atoms with Gasteiger partial charge in [-0.05, 0) is 35.4 Å². The number of H-pyrrole nitrogens is 1. The van der Waals surface area contributed by atoms with Crippen molar-refractivity contribution in [2.24, 2.45) is 0 Å². The largest absolute Gasteiger partial charge is 0.475 e. The highest BCUT2D eigenvalue weighted by atomic mass is 19.1. The fourth-order valence-electron chi connectivity index (χ4n) is 2.83. The predicted molar refractivity (Wildman–Crippen MR) is 89.0 cm³/mol. The number of aromatic nitrogens is 1. The van der Waals surface area contributed by atoms with Crippen molar-refractivity contribution < 1.29 is 23.9 Å². The molecule has 1 unspecified atom stereocenters. The highest BCUT2D eigenvalue weighted by Gasteiger charge is 2.27. The van der Waals surface area contributed by atoms with Gasteiger partial charge in [-0.1, -0.05) is 24.3 Å². The molecule has 0 fully saturated rings. The lowest BCUT2D eigenvalue weighted by Gasteiger charge is -2.08. The second kappa shape index (κ2) is 6.68. The Morgan fingerprint density at radius 3 is 2.52 bits per heavy atom. The molecule has 3 rings (SSSR count). The van der Waals surface area contributed by atoms with Gasteiger partial charge in [-0.3, -0.25) is 4.79 Å². The van der Waals surface area contributed by atoms with Crippen LogP contribution in [0.25, 0.3) is 10.9 Å². The smallest absolute Gasteiger partial charge is 0.373 e. The third kappa shape index (κ3) is 3.33. The van der Waals surface area contributed by atoms with E-state index in [2.05, 4.69) is 4.98 Å². The molecule has 0 amide bonds. The summed E-state index contributed by atoms with van der Waals surface area (Å²) in [5.41, 5.74) is 2.74. The number of fused-ring (bicyclic) bond motifs is 1. The van der Waals surface area contributed by atoms with Crippen molar-refractivity contribution in [2.45, 2.75) is 12.3 Å². The standard InChI is InChI=1S/C19H14FNO4/c20-12-6-4-11(5-7-12)8-13-9-15-14(2-1-3-17(15)21-13)16(10-22)18(23)19(24)25/h1-7,9-10,16,21H,8H2,(H,24,25). The number of aldehydes is 1. The molecule has 126 valence electrons. The summed E-state index contributed by atoms with van der Waals surface area (Å²) in [6.07, 6.45) is 0.852. The molecule has 0 spiro atoms. The zero-order valence-corrected chi connectivity index (χ0v) is 13.0. The fraction of sp³-hybridized carbons (Fsp3) is 0.105. The van der Waals surface area contributed by atoms with Gasteiger partial charge in [0.2, 0.25) is 0 Å². The molecule has 6 heteroatoms. The van der Waals surface area contributed by atoms with Crippen LogP contribution in [0.15, 0.2) is 48.5 Å². The van der Waals surface area contributed by atoms with Crippen molar-refractivity contribution >= 4 is 28.9 Å². The van der Waals surface area contributed by atoms with Crippen LogP contribution in [0.2, 0.25) is 0 Å². The van der Waals surface area contributed by atoms with E-state index in [-0.39, 0.29) is 5.82 Å². The van der Waals surface area contributed by atoms with E-state index in [1.165, 1.54) is 12.1 Å². The highest BCUT2D eigenvalue weighted by molar-refractivity contribution is 6.38. The van der Waals surface area contributed by atoms with Gasteiger partial charge in [0.05, 0.1) is 0 Å². The number of Topliss-reactive ketones (excluding diaryl/α,β-unsaturated/α-hetero) is 1. The average molecular weight is 339 g/mol. The second-order valence-corrected chi connectivity index (χ2v) is 5.69. The molecular formula is C19H14FNO4. The molecule has 1 atom stereocenters. The summed E-state index contributed by atoms with van der Waals surface area (Å²) in [6, 6.07) is 12.9. The molecule has 2 aromatic carbocycles. The number of carboxylic acids is 1. The molecule has 25 heavy (non-hydrogen) atoms. The molecule has 2 N–H and O–H groups in total. The number of aliphatic carboxylic acids is 1. The lowest BCUT2D eigenvalue weighted by atomic mass is 9.93. The Hall–Kier alpha value is -3.28. The molecule has 1 heterocycles. The minimum absolute atomic E-state index is 0.316. The SMILES string of the molecule is O=CC(C(=O)C(=O)O)c1cccc2[nH]c(Cc3ccc(F)cc3)cc12. The zero-order valence-electron chi connectivity index (χ0n) is 13.0. The second-order valence-electron chi connectivity index (χ2n) is 5.69. The Balaban J connectivity index is 2.00. The third-order valence-electron chi connectivity index (χ3n) is 4.03. The van der Waals surface area contributed by atoms with Crippen molar-refractivity contribution in [1.29, 1.82) is 0 Å². The van der Waals surface area contributed by atoms with Crippen molar-refractivity contribution in [3.05, 3.63) is 71.2 Å². The third-order valence-corrected chi connectivity index (χ3v) is 4.03. The zero-order chi connectivity index (χ0) is 18.0. The van der Waals surface area contributed by atoms with Gasteiger partial charge in [0.15, 0.2) is 0 Å². The number of rotatable bonds is 6. The van der Waals surface area contributed by atoms with Gasteiger partial charge >= 0.3 is 5.97 Å². The number of halogens is 1. The predicted octanol–water partition coefficient (Wildman–Crippen LogP) is 2.83. The summed E-state index contributed by atoms with van der Waals surface area (Å²) < 4.78 is 13.0. The number of carboxylic acid groups (broad SMARTS) is 1. The van der Waals surface area contributed by atoms with Crippen molar-refractivity contribution in [3.63, 3.8) is 0 Å². The monoisotopic (exact) mass is 339 g/mol. The Kier molecular flexibility index (Phi) is 4.43. The van der Waals surface area contributed by atoms with Gasteiger partial charge in [-0.2, -0.15) is 0 Å². The van der Waals surface area contributed by atoms with Gasteiger partial charge in [0, 0.05) is 23.0 Å². The summed E-state index contributed by atoms with van der Waals surface area (Å²) >= 11 is 0. The van der Waals surface area contributed by atoms with Crippen LogP contribution in [-0.2, 0) is 20.8 Å². The first-order valence-corrected chi connectivity index (χ1v) is 7.57. The maximum Gasteiger partial charge on any atom is 0.373 e. The number of benzene rings is 2. The van der Waals surface area contributed by atoms with Crippen LogP contribution in [0.1, 0.15) is 22.7 Å². The van der Waals surface area contributed by atoms with Crippen LogP contribution in [0.3, 0.4) is 0 Å². The Labute approximate surface area is 142 Å². The molecule has 0 saturated carbocycles. The number of aromatic amines is 1. The van der Waals surface area contributed by atoms with E-state index < -0.39 is 17.7 Å². The Bertz CT molecular complexity index is 959. The average Bonchev–Trinajstić information content (AvgIpc) is 3.00. The molecule has 0 aliphatic carbocycles. The molecule has 3 aromatic rings. The molecular weight excluding hydrogens is 325 g/mol. The number of carbonyl (C=O) groups excluding carboxylic acids is 2. The normalized spacial score (nSPS) is 12.0. The topological polar surface area (TPSA) is 87.2 Å². The number of hydrogen-bond acceptors (Lipinski definition) is 3. The maximum absolute atomic E-state index is 13.0. The number of nitrogens with one attached hydrogen (secondary N) is 1. The first-order chi connectivity index (χ1) is 12.0. The van der Waals surface area contributed by atoms with Crippen molar-refractivity contribution in [1.82, 2.24) is 4.98 Å². The van der Waals surface area contributed by atoms with Crippen LogP contribution in [0, 0.1) is 5.82 Å². The van der Waals surface area contributed by atoms with Gasteiger partial charge in [-0.15, -0.1) is 0 Å². The van der Waals surface area contributed by atoms with Crippen LogP contribution in [0.4, 0.5) is 4.39 Å². The lowest BCUT2D eigenvalue weighted by Crippen LogP contribution is -2.22. The first-order valence-electron chi connectivity index (χ1n) is 7.57. The fourth-order valence-corrected chi connectivity index (χ4v) is 2.83. The lowest BCUT2D eigenvalue weighted by molar-refractivity contribution is -0.150. The van der Waals surface area contributed by atoms with Gasteiger partial charge in [0.1, 0.15) is 18.0 Å². The summed E-state index contributed by atoms with van der Waals surface area (Å²) in [7, 11) is 0. The van der Waals surface area contributed by atoms with Gasteiger partial charge in [-0.25, -0.2) is 9.18 Å². The molecule has 0 saturated heterocycles. The van der Waals surface area contributed by atoms with E-state index in [9.17, 15) is 18.8 Å². The van der Waals surface area contributed by atoms with Crippen LogP contribution < -0.4 is 0 Å². The van der Waals surface area contributed by atoms with Crippen LogP contribution in [-0.4, -0.2) is 28.1 Å². The minimum Gasteiger partial charge on any atom is -0.475 e. The molecule has 1 aromatic heterocycles. The van der Waals surface area contributed by atoms with Crippen molar-refractivity contribution in [2.75, 3.05) is 0 Å². The number of hydrogen-bond donors (Lipinski definition) is 2. The minimum atomic E-state index is -1.64. The van der Waals surface area contributed by atoms with Crippen LogP contribution in [0.5, 0.6) is 0 Å². The summed E-state index contributed by atoms with van der Waals surface area (Å²) in [5.74, 6) is -4.47. The Morgan fingerprint density at radius 2 is 1.88 bits per heavy atom. The van der Waals surface area contributed by atoms with Crippen molar-refractivity contribution in [3.8, 4) is 0 Å². The van der Waals surface area contributed by atoms with E-state index in [4.69, 9.17) is 5.11 Å². The molecule has 0 aliphatic rings. The number of carbonyl (C=O) groups is 3. The van der Waals surface area contributed by atoms with Gasteiger partial charge < -0.3 is 14.9 Å². The molecule has 0 bridgehead atoms. The van der Waals surface area contributed by atoms with E-state index in [1.807, 2.05) is 0 Å². The summed E-state index contributed by atoms with van der Waals surface area (Å²) in [6.45, 7) is 0. The van der Waals surface area contributed by atoms with E-state index in [0.717, 1.165) is 11.3 Å². The number of ketones is 1. The molecule has 0 aliphatic heterocycles.